The molecule has 5 aromatic carbocycles. The Balaban J connectivity index is 1.67. The van der Waals surface area contributed by atoms with E-state index in [4.69, 9.17) is 0 Å². The minimum absolute atomic E-state index is 1.08. The number of anilines is 2. The van der Waals surface area contributed by atoms with E-state index in [0.29, 0.717) is 0 Å². The third-order valence-electron chi connectivity index (χ3n) is 5.85. The molecule has 0 aromatic heterocycles. The lowest BCUT2D eigenvalue weighted by molar-refractivity contribution is 1.45. The van der Waals surface area contributed by atoms with Gasteiger partial charge in [-0.1, -0.05) is 109 Å². The monoisotopic (exact) mass is 411 g/mol. The zero-order chi connectivity index (χ0) is 21.8. The molecule has 0 saturated carbocycles. The van der Waals surface area contributed by atoms with Crippen LogP contribution in [0.2, 0.25) is 0 Å². The van der Waals surface area contributed by atoms with Gasteiger partial charge >= 0.3 is 0 Å². The van der Waals surface area contributed by atoms with Crippen molar-refractivity contribution in [2.45, 2.75) is 6.92 Å². The highest BCUT2D eigenvalue weighted by atomic mass is 14.9. The Hall–Kier alpha value is -4.10. The van der Waals surface area contributed by atoms with Gasteiger partial charge in [-0.3, -0.25) is 0 Å². The second-order valence-electron chi connectivity index (χ2n) is 7.94. The zero-order valence-electron chi connectivity index (χ0n) is 18.1. The van der Waals surface area contributed by atoms with Gasteiger partial charge in [0.15, 0.2) is 0 Å². The van der Waals surface area contributed by atoms with Crippen molar-refractivity contribution in [3.05, 3.63) is 133 Å². The summed E-state index contributed by atoms with van der Waals surface area (Å²) < 4.78 is 0. The first kappa shape index (κ1) is 19.8. The number of para-hydroxylation sites is 2. The molecule has 0 bridgehead atoms. The topological polar surface area (TPSA) is 12.0 Å². The largest absolute Gasteiger partial charge is 0.355 e. The first-order chi connectivity index (χ1) is 15.8. The average Bonchev–Trinajstić information content (AvgIpc) is 2.85. The van der Waals surface area contributed by atoms with E-state index in [1.807, 2.05) is 6.07 Å². The van der Waals surface area contributed by atoms with Gasteiger partial charge in [0, 0.05) is 16.9 Å². The second kappa shape index (κ2) is 8.95. The Kier molecular flexibility index (Phi) is 5.55. The molecule has 5 aromatic rings. The van der Waals surface area contributed by atoms with Crippen LogP contribution in [-0.2, 0) is 0 Å². The molecule has 0 unspecified atom stereocenters. The van der Waals surface area contributed by atoms with E-state index in [1.54, 1.807) is 0 Å². The fourth-order valence-corrected chi connectivity index (χ4v) is 4.28. The number of hydrogen-bond donors (Lipinski definition) is 1. The van der Waals surface area contributed by atoms with Crippen LogP contribution in [0.1, 0.15) is 5.56 Å². The van der Waals surface area contributed by atoms with E-state index in [0.717, 1.165) is 11.4 Å². The number of nitrogens with one attached hydrogen (secondary N) is 1. The Morgan fingerprint density at radius 2 is 0.781 bits per heavy atom. The first-order valence-corrected chi connectivity index (χ1v) is 11.0. The van der Waals surface area contributed by atoms with E-state index in [9.17, 15) is 0 Å². The lowest BCUT2D eigenvalue weighted by atomic mass is 9.88. The maximum absolute atomic E-state index is 3.61. The van der Waals surface area contributed by atoms with Crippen molar-refractivity contribution in [1.82, 2.24) is 0 Å². The fraction of sp³-hybridized carbons (Fsp3) is 0.0323. The zero-order valence-corrected chi connectivity index (χ0v) is 18.1. The van der Waals surface area contributed by atoms with Gasteiger partial charge < -0.3 is 5.32 Å². The van der Waals surface area contributed by atoms with Gasteiger partial charge in [-0.25, -0.2) is 0 Å². The third-order valence-corrected chi connectivity index (χ3v) is 5.85. The normalized spacial score (nSPS) is 10.7. The third kappa shape index (κ3) is 3.93. The summed E-state index contributed by atoms with van der Waals surface area (Å²) in [5, 5.41) is 3.61. The van der Waals surface area contributed by atoms with Crippen LogP contribution in [0.5, 0.6) is 0 Å². The summed E-state index contributed by atoms with van der Waals surface area (Å²) in [6.45, 7) is 2.18. The fourth-order valence-electron chi connectivity index (χ4n) is 4.28. The van der Waals surface area contributed by atoms with Gasteiger partial charge in [0.2, 0.25) is 0 Å². The van der Waals surface area contributed by atoms with Crippen LogP contribution in [0.25, 0.3) is 33.4 Å². The smallest absolute Gasteiger partial charge is 0.0464 e. The van der Waals surface area contributed by atoms with Gasteiger partial charge in [0.1, 0.15) is 0 Å². The molecule has 154 valence electrons. The van der Waals surface area contributed by atoms with Crippen LogP contribution >= 0.6 is 0 Å². The van der Waals surface area contributed by atoms with Crippen molar-refractivity contribution in [1.29, 1.82) is 0 Å². The Bertz CT molecular complexity index is 1350. The Morgan fingerprint density at radius 1 is 0.375 bits per heavy atom. The number of hydrogen-bond acceptors (Lipinski definition) is 1. The summed E-state index contributed by atoms with van der Waals surface area (Å²) in [7, 11) is 0. The van der Waals surface area contributed by atoms with Crippen LogP contribution in [0.15, 0.2) is 127 Å². The van der Waals surface area contributed by atoms with Gasteiger partial charge in [-0.05, 0) is 58.5 Å². The quantitative estimate of drug-likeness (QED) is 0.305. The maximum atomic E-state index is 3.61. The summed E-state index contributed by atoms with van der Waals surface area (Å²) in [6.07, 6.45) is 0. The predicted octanol–water partition coefficient (Wildman–Crippen LogP) is 8.74. The van der Waals surface area contributed by atoms with Crippen LogP contribution in [0.4, 0.5) is 11.4 Å². The molecule has 5 rings (SSSR count). The molecule has 1 heteroatoms. The molecule has 1 N–H and O–H groups in total. The van der Waals surface area contributed by atoms with Crippen molar-refractivity contribution >= 4 is 11.4 Å². The standard InChI is InChI=1S/C31H25N/c1-23-13-5-6-16-25(23)26-17-7-8-18-27(26)28-19-9-10-20-29(28)30-21-11-12-22-31(30)32-24-14-3-2-4-15-24/h2-22,32H,1H3. The van der Waals surface area contributed by atoms with Crippen molar-refractivity contribution < 1.29 is 0 Å². The number of aryl methyl sites for hydroxylation is 1. The summed E-state index contributed by atoms with van der Waals surface area (Å²) >= 11 is 0. The molecule has 0 aliphatic rings. The second-order valence-corrected chi connectivity index (χ2v) is 7.94. The van der Waals surface area contributed by atoms with Gasteiger partial charge in [0.25, 0.3) is 0 Å². The highest BCUT2D eigenvalue weighted by molar-refractivity contribution is 5.95. The van der Waals surface area contributed by atoms with Crippen molar-refractivity contribution in [2.24, 2.45) is 0 Å². The molecule has 32 heavy (non-hydrogen) atoms. The molecule has 0 radical (unpaired) electrons. The van der Waals surface area contributed by atoms with Crippen molar-refractivity contribution in [2.75, 3.05) is 5.32 Å². The SMILES string of the molecule is Cc1ccccc1-c1ccccc1-c1ccccc1-c1ccccc1Nc1ccccc1. The number of rotatable bonds is 5. The van der Waals surface area contributed by atoms with Crippen LogP contribution in [0, 0.1) is 6.92 Å². The van der Waals surface area contributed by atoms with Crippen LogP contribution in [-0.4, -0.2) is 0 Å². The summed E-state index contributed by atoms with van der Waals surface area (Å²) in [6, 6.07) is 44.9. The van der Waals surface area contributed by atoms with Gasteiger partial charge in [0.05, 0.1) is 0 Å². The molecule has 0 atom stereocenters. The van der Waals surface area contributed by atoms with Gasteiger partial charge in [-0.2, -0.15) is 0 Å². The summed E-state index contributed by atoms with van der Waals surface area (Å²) in [5.41, 5.74) is 10.9. The average molecular weight is 412 g/mol. The molecule has 1 nitrogen and oxygen atoms in total. The van der Waals surface area contributed by atoms with Crippen LogP contribution < -0.4 is 5.32 Å². The highest BCUT2D eigenvalue weighted by Gasteiger charge is 2.15. The van der Waals surface area contributed by atoms with E-state index >= 15 is 0 Å². The maximum Gasteiger partial charge on any atom is 0.0464 e. The van der Waals surface area contributed by atoms with Crippen molar-refractivity contribution in [3.63, 3.8) is 0 Å². The van der Waals surface area contributed by atoms with Crippen LogP contribution in [0.3, 0.4) is 0 Å². The Morgan fingerprint density at radius 3 is 1.38 bits per heavy atom. The summed E-state index contributed by atoms with van der Waals surface area (Å²) in [5.74, 6) is 0. The molecule has 0 fully saturated rings. The molecular formula is C31H25N. The summed E-state index contributed by atoms with van der Waals surface area (Å²) in [4.78, 5) is 0. The van der Waals surface area contributed by atoms with E-state index in [2.05, 4.69) is 134 Å². The van der Waals surface area contributed by atoms with E-state index in [1.165, 1.54) is 38.9 Å². The molecule has 0 spiro atoms. The first-order valence-electron chi connectivity index (χ1n) is 11.0. The minimum Gasteiger partial charge on any atom is -0.355 e. The highest BCUT2D eigenvalue weighted by Crippen LogP contribution is 2.41. The van der Waals surface area contributed by atoms with Crippen molar-refractivity contribution in [3.8, 4) is 33.4 Å². The molecular weight excluding hydrogens is 386 g/mol. The molecule has 0 aliphatic heterocycles. The minimum atomic E-state index is 1.08. The lowest BCUT2D eigenvalue weighted by Gasteiger charge is -2.18. The van der Waals surface area contributed by atoms with Gasteiger partial charge in [-0.15, -0.1) is 0 Å². The lowest BCUT2D eigenvalue weighted by Crippen LogP contribution is -1.95. The number of benzene rings is 5. The molecule has 0 saturated heterocycles. The van der Waals surface area contributed by atoms with E-state index < -0.39 is 0 Å². The molecule has 0 amide bonds. The molecule has 0 heterocycles. The predicted molar refractivity (Wildman–Crippen MR) is 137 cm³/mol. The van der Waals surface area contributed by atoms with E-state index in [-0.39, 0.29) is 0 Å². The Labute approximate surface area is 190 Å². The molecule has 0 aliphatic carbocycles.